The van der Waals surface area contributed by atoms with Crippen LogP contribution in [0.4, 0.5) is 5.00 Å². The zero-order chi connectivity index (χ0) is 13.8. The van der Waals surface area contributed by atoms with Crippen LogP contribution in [0.25, 0.3) is 0 Å². The average molecular weight is 297 g/mol. The summed E-state index contributed by atoms with van der Waals surface area (Å²) in [6.07, 6.45) is 0. The van der Waals surface area contributed by atoms with Crippen LogP contribution in [0.2, 0.25) is 5.02 Å². The molecule has 1 N–H and O–H groups in total. The Morgan fingerprint density at radius 3 is 2.74 bits per heavy atom. The third-order valence-corrected chi connectivity index (χ3v) is 3.79. The van der Waals surface area contributed by atoms with E-state index in [2.05, 4.69) is 9.69 Å². The number of carbonyl (C=O) groups is 1. The van der Waals surface area contributed by atoms with Crippen LogP contribution < -0.4 is 5.32 Å². The number of benzene rings is 1. The number of esters is 1. The molecule has 2 rings (SSSR count). The number of halogens is 1. The SMILES string of the molecule is CNc1snc(C)c1C(=O)OCc1ccc(Cl)cc1. The average Bonchev–Trinajstić information content (AvgIpc) is 2.79. The molecule has 0 radical (unpaired) electrons. The van der Waals surface area contributed by atoms with Crippen molar-refractivity contribution in [2.24, 2.45) is 0 Å². The molecule has 0 saturated carbocycles. The Kier molecular flexibility index (Phi) is 4.39. The summed E-state index contributed by atoms with van der Waals surface area (Å²) in [6, 6.07) is 7.18. The maximum absolute atomic E-state index is 12.0. The topological polar surface area (TPSA) is 51.2 Å². The first-order chi connectivity index (χ1) is 9.11. The quantitative estimate of drug-likeness (QED) is 0.877. The van der Waals surface area contributed by atoms with Gasteiger partial charge in [-0.3, -0.25) is 0 Å². The Hall–Kier alpha value is -1.59. The van der Waals surface area contributed by atoms with Crippen molar-refractivity contribution in [1.29, 1.82) is 0 Å². The van der Waals surface area contributed by atoms with Gasteiger partial charge < -0.3 is 10.1 Å². The van der Waals surface area contributed by atoms with Gasteiger partial charge in [-0.25, -0.2) is 4.79 Å². The van der Waals surface area contributed by atoms with Crippen molar-refractivity contribution >= 4 is 34.1 Å². The lowest BCUT2D eigenvalue weighted by molar-refractivity contribution is 0.0473. The number of rotatable bonds is 4. The molecule has 19 heavy (non-hydrogen) atoms. The molecule has 0 aliphatic carbocycles. The number of nitrogens with zero attached hydrogens (tertiary/aromatic N) is 1. The lowest BCUT2D eigenvalue weighted by Crippen LogP contribution is -2.08. The van der Waals surface area contributed by atoms with E-state index < -0.39 is 0 Å². The predicted octanol–water partition coefficient (Wildman–Crippen LogP) is 3.50. The monoisotopic (exact) mass is 296 g/mol. The fraction of sp³-hybridized carbons (Fsp3) is 0.231. The largest absolute Gasteiger partial charge is 0.457 e. The van der Waals surface area contributed by atoms with Crippen LogP contribution in [0.15, 0.2) is 24.3 Å². The van der Waals surface area contributed by atoms with Crippen molar-refractivity contribution in [1.82, 2.24) is 4.37 Å². The van der Waals surface area contributed by atoms with Crippen molar-refractivity contribution in [3.05, 3.63) is 46.1 Å². The van der Waals surface area contributed by atoms with E-state index in [9.17, 15) is 4.79 Å². The summed E-state index contributed by atoms with van der Waals surface area (Å²) in [6.45, 7) is 2.00. The van der Waals surface area contributed by atoms with E-state index >= 15 is 0 Å². The number of hydrogen-bond donors (Lipinski definition) is 1. The molecule has 0 saturated heterocycles. The molecular formula is C13H13ClN2O2S. The van der Waals surface area contributed by atoms with Gasteiger partial charge in [0.2, 0.25) is 0 Å². The zero-order valence-corrected chi connectivity index (χ0v) is 12.1. The van der Waals surface area contributed by atoms with Gasteiger partial charge in [-0.15, -0.1) is 0 Å². The fourth-order valence-corrected chi connectivity index (χ4v) is 2.44. The minimum Gasteiger partial charge on any atom is -0.457 e. The van der Waals surface area contributed by atoms with Gasteiger partial charge in [0.1, 0.15) is 17.2 Å². The Labute approximate surface area is 120 Å². The Morgan fingerprint density at radius 1 is 1.42 bits per heavy atom. The minimum absolute atomic E-state index is 0.217. The highest BCUT2D eigenvalue weighted by atomic mass is 35.5. The van der Waals surface area contributed by atoms with Gasteiger partial charge in [-0.2, -0.15) is 4.37 Å². The van der Waals surface area contributed by atoms with Gasteiger partial charge in [0.25, 0.3) is 0 Å². The fourth-order valence-electron chi connectivity index (χ4n) is 1.58. The highest BCUT2D eigenvalue weighted by molar-refractivity contribution is 7.10. The van der Waals surface area contributed by atoms with E-state index in [0.717, 1.165) is 10.6 Å². The molecule has 0 atom stereocenters. The van der Waals surface area contributed by atoms with E-state index in [-0.39, 0.29) is 12.6 Å². The van der Waals surface area contributed by atoms with Crippen molar-refractivity contribution in [3.8, 4) is 0 Å². The van der Waals surface area contributed by atoms with Crippen LogP contribution in [0, 0.1) is 6.92 Å². The summed E-state index contributed by atoms with van der Waals surface area (Å²) < 4.78 is 9.42. The van der Waals surface area contributed by atoms with Crippen molar-refractivity contribution < 1.29 is 9.53 Å². The van der Waals surface area contributed by atoms with E-state index in [1.807, 2.05) is 12.1 Å². The smallest absolute Gasteiger partial charge is 0.343 e. The van der Waals surface area contributed by atoms with E-state index in [0.29, 0.717) is 16.3 Å². The second-order valence-electron chi connectivity index (χ2n) is 3.92. The second kappa shape index (κ2) is 6.04. The molecule has 1 aromatic heterocycles. The van der Waals surface area contributed by atoms with Crippen LogP contribution >= 0.6 is 23.1 Å². The molecule has 6 heteroatoms. The third-order valence-electron chi connectivity index (χ3n) is 2.58. The highest BCUT2D eigenvalue weighted by Gasteiger charge is 2.19. The maximum atomic E-state index is 12.0. The van der Waals surface area contributed by atoms with Gasteiger partial charge in [-0.1, -0.05) is 23.7 Å². The van der Waals surface area contributed by atoms with Crippen LogP contribution in [-0.2, 0) is 11.3 Å². The van der Waals surface area contributed by atoms with Crippen LogP contribution in [0.5, 0.6) is 0 Å². The molecule has 1 aromatic carbocycles. The number of ether oxygens (including phenoxy) is 1. The Morgan fingerprint density at radius 2 is 2.11 bits per heavy atom. The molecule has 1 heterocycles. The Bertz CT molecular complexity index is 581. The van der Waals surface area contributed by atoms with Gasteiger partial charge in [0, 0.05) is 12.1 Å². The van der Waals surface area contributed by atoms with Crippen molar-refractivity contribution in [3.63, 3.8) is 0 Å². The molecule has 0 aliphatic heterocycles. The molecule has 0 amide bonds. The van der Waals surface area contributed by atoms with Crippen molar-refractivity contribution in [2.45, 2.75) is 13.5 Å². The number of hydrogen-bond acceptors (Lipinski definition) is 5. The summed E-state index contributed by atoms with van der Waals surface area (Å²) in [4.78, 5) is 12.0. The Balaban J connectivity index is 2.05. The molecule has 0 aliphatic rings. The van der Waals surface area contributed by atoms with E-state index in [4.69, 9.17) is 16.3 Å². The second-order valence-corrected chi connectivity index (χ2v) is 5.13. The van der Waals surface area contributed by atoms with Crippen LogP contribution in [0.3, 0.4) is 0 Å². The first-order valence-electron chi connectivity index (χ1n) is 5.67. The highest BCUT2D eigenvalue weighted by Crippen LogP contribution is 2.25. The molecule has 0 spiro atoms. The zero-order valence-electron chi connectivity index (χ0n) is 10.6. The van der Waals surface area contributed by atoms with Crippen LogP contribution in [-0.4, -0.2) is 17.4 Å². The summed E-state index contributed by atoms with van der Waals surface area (Å²) in [5, 5.41) is 4.32. The number of nitrogens with one attached hydrogen (secondary N) is 1. The summed E-state index contributed by atoms with van der Waals surface area (Å²) >= 11 is 7.04. The van der Waals surface area contributed by atoms with Gasteiger partial charge in [-0.05, 0) is 36.2 Å². The van der Waals surface area contributed by atoms with E-state index in [1.165, 1.54) is 11.5 Å². The summed E-state index contributed by atoms with van der Waals surface area (Å²) in [5.74, 6) is -0.370. The van der Waals surface area contributed by atoms with Gasteiger partial charge in [0.15, 0.2) is 0 Å². The third kappa shape index (κ3) is 3.24. The lowest BCUT2D eigenvalue weighted by atomic mass is 10.2. The normalized spacial score (nSPS) is 10.3. The minimum atomic E-state index is -0.370. The number of aryl methyl sites for hydroxylation is 1. The lowest BCUT2D eigenvalue weighted by Gasteiger charge is -2.06. The van der Waals surface area contributed by atoms with Crippen molar-refractivity contribution in [2.75, 3.05) is 12.4 Å². The predicted molar refractivity (Wildman–Crippen MR) is 77.0 cm³/mol. The summed E-state index contributed by atoms with van der Waals surface area (Å²) in [7, 11) is 1.75. The molecule has 100 valence electrons. The number of anilines is 1. The number of carbonyl (C=O) groups excluding carboxylic acids is 1. The molecule has 0 fully saturated rings. The molecule has 4 nitrogen and oxygen atoms in total. The first kappa shape index (κ1) is 13.8. The molecule has 0 bridgehead atoms. The molecule has 0 unspecified atom stereocenters. The molecule has 2 aromatic rings. The van der Waals surface area contributed by atoms with Gasteiger partial charge >= 0.3 is 5.97 Å². The maximum Gasteiger partial charge on any atom is 0.343 e. The van der Waals surface area contributed by atoms with Gasteiger partial charge in [0.05, 0.1) is 5.69 Å². The summed E-state index contributed by atoms with van der Waals surface area (Å²) in [5.41, 5.74) is 2.07. The standard InChI is InChI=1S/C13H13ClN2O2S/c1-8-11(12(15-2)19-16-8)13(17)18-7-9-3-5-10(14)6-4-9/h3-6,15H,7H2,1-2H3. The van der Waals surface area contributed by atoms with Crippen LogP contribution in [0.1, 0.15) is 21.6 Å². The van der Waals surface area contributed by atoms with E-state index in [1.54, 1.807) is 26.1 Å². The molecular weight excluding hydrogens is 284 g/mol. The first-order valence-corrected chi connectivity index (χ1v) is 6.82. The number of aromatic nitrogens is 1.